The summed E-state index contributed by atoms with van der Waals surface area (Å²) in [6.45, 7) is 10.2. The number of fused-ring (bicyclic) bond motifs is 1. The molecule has 1 fully saturated rings. The summed E-state index contributed by atoms with van der Waals surface area (Å²) in [4.78, 5) is 2.42. The first-order chi connectivity index (χ1) is 20.6. The molecule has 0 radical (unpaired) electrons. The third-order valence-corrected chi connectivity index (χ3v) is 9.00. The molecular weight excluding hydrogens is 543 g/mol. The second-order valence-corrected chi connectivity index (χ2v) is 13.1. The summed E-state index contributed by atoms with van der Waals surface area (Å²) in [6.07, 6.45) is 5.87. The van der Waals surface area contributed by atoms with E-state index in [0.717, 1.165) is 50.1 Å². The number of aromatic hydroxyl groups is 1. The number of nitrogens with zero attached hydrogens (tertiary/aromatic N) is 1. The topological polar surface area (TPSA) is 63.2 Å². The lowest BCUT2D eigenvalue weighted by Gasteiger charge is -2.37. The number of hydrogen-bond donors (Lipinski definition) is 2. The van der Waals surface area contributed by atoms with Gasteiger partial charge < -0.3 is 24.6 Å². The van der Waals surface area contributed by atoms with Crippen LogP contribution in [0.4, 0.5) is 10.1 Å². The Labute approximate surface area is 256 Å². The fourth-order valence-electron chi connectivity index (χ4n) is 6.84. The van der Waals surface area contributed by atoms with Gasteiger partial charge in [0.25, 0.3) is 0 Å². The molecule has 2 unspecified atom stereocenters. The highest BCUT2D eigenvalue weighted by atomic mass is 19.1. The molecule has 3 aromatic rings. The SMILES string of the molecule is COc1cc(NC(C)Cc2ccc(OCCN3CCCC(C)(C)C3)c(F)c2)c(C2CCc3cc(O)ccc3C2)cc1OC. The number of halogens is 1. The molecule has 1 aliphatic heterocycles. The maximum absolute atomic E-state index is 15.0. The van der Waals surface area contributed by atoms with Gasteiger partial charge in [0.15, 0.2) is 23.1 Å². The van der Waals surface area contributed by atoms with Crippen LogP contribution in [0.3, 0.4) is 0 Å². The number of benzene rings is 3. The lowest BCUT2D eigenvalue weighted by atomic mass is 9.79. The molecule has 0 aromatic heterocycles. The van der Waals surface area contributed by atoms with Crippen LogP contribution >= 0.6 is 0 Å². The third kappa shape index (κ3) is 7.74. The van der Waals surface area contributed by atoms with E-state index in [0.29, 0.717) is 41.4 Å². The van der Waals surface area contributed by atoms with Crippen LogP contribution in [0.25, 0.3) is 0 Å². The van der Waals surface area contributed by atoms with Crippen LogP contribution in [0.5, 0.6) is 23.0 Å². The number of ether oxygens (including phenoxy) is 3. The number of likely N-dealkylation sites (tertiary alicyclic amines) is 1. The molecular formula is C36H47FN2O4. The Morgan fingerprint density at radius 3 is 2.56 bits per heavy atom. The lowest BCUT2D eigenvalue weighted by Crippen LogP contribution is -2.41. The largest absolute Gasteiger partial charge is 0.508 e. The zero-order valence-corrected chi connectivity index (χ0v) is 26.3. The van der Waals surface area contributed by atoms with E-state index in [1.165, 1.54) is 29.5 Å². The maximum atomic E-state index is 15.0. The standard InChI is InChI=1S/C36H47FN2O4/c1-24(17-25-7-12-33(31(37)18-25)43-16-15-39-14-6-13-36(2,3)23-39)38-32-22-35(42-5)34(41-4)21-30(32)28-9-8-27-20-29(40)11-10-26(27)19-28/h7,10-12,18,20-22,24,28,38,40H,6,8-9,13-17,19,23H2,1-5H3. The highest BCUT2D eigenvalue weighted by Crippen LogP contribution is 2.42. The van der Waals surface area contributed by atoms with E-state index >= 15 is 4.39 Å². The molecule has 1 aliphatic carbocycles. The van der Waals surface area contributed by atoms with Crippen molar-refractivity contribution in [2.45, 2.75) is 71.3 Å². The molecule has 1 saturated heterocycles. The molecule has 1 heterocycles. The smallest absolute Gasteiger partial charge is 0.165 e. The van der Waals surface area contributed by atoms with Crippen molar-refractivity contribution in [1.29, 1.82) is 0 Å². The number of piperidine rings is 1. The summed E-state index contributed by atoms with van der Waals surface area (Å²) in [5, 5.41) is 13.6. The average molecular weight is 591 g/mol. The normalized spacial score (nSPS) is 18.9. The first-order valence-electron chi connectivity index (χ1n) is 15.6. The van der Waals surface area contributed by atoms with Crippen molar-refractivity contribution in [3.8, 4) is 23.0 Å². The molecule has 6 nitrogen and oxygen atoms in total. The van der Waals surface area contributed by atoms with Crippen molar-refractivity contribution < 1.29 is 23.7 Å². The van der Waals surface area contributed by atoms with Crippen molar-refractivity contribution in [1.82, 2.24) is 4.90 Å². The summed E-state index contributed by atoms with van der Waals surface area (Å²) < 4.78 is 32.2. The number of methoxy groups -OCH3 is 2. The van der Waals surface area contributed by atoms with Crippen molar-refractivity contribution in [2.75, 3.05) is 45.8 Å². The summed E-state index contributed by atoms with van der Waals surface area (Å²) in [6, 6.07) is 15.1. The second-order valence-electron chi connectivity index (χ2n) is 13.1. The van der Waals surface area contributed by atoms with Gasteiger partial charge in [0.05, 0.1) is 14.2 Å². The van der Waals surface area contributed by atoms with Gasteiger partial charge in [-0.15, -0.1) is 0 Å². The van der Waals surface area contributed by atoms with Gasteiger partial charge in [-0.3, -0.25) is 4.90 Å². The Bertz CT molecular complexity index is 1410. The quantitative estimate of drug-likeness (QED) is 0.243. The molecule has 232 valence electrons. The summed E-state index contributed by atoms with van der Waals surface area (Å²) >= 11 is 0. The number of aryl methyl sites for hydroxylation is 1. The minimum Gasteiger partial charge on any atom is -0.508 e. The van der Waals surface area contributed by atoms with Crippen molar-refractivity contribution in [3.05, 3.63) is 76.6 Å². The van der Waals surface area contributed by atoms with Crippen LogP contribution < -0.4 is 19.5 Å². The summed E-state index contributed by atoms with van der Waals surface area (Å²) in [7, 11) is 3.31. The van der Waals surface area contributed by atoms with Gasteiger partial charge in [-0.05, 0) is 116 Å². The van der Waals surface area contributed by atoms with Gasteiger partial charge >= 0.3 is 0 Å². The fraction of sp³-hybridized carbons (Fsp3) is 0.500. The van der Waals surface area contributed by atoms with Gasteiger partial charge in [-0.25, -0.2) is 4.39 Å². The number of phenolic OH excluding ortho intramolecular Hbond substituents is 1. The van der Waals surface area contributed by atoms with Crippen LogP contribution in [0.1, 0.15) is 68.2 Å². The van der Waals surface area contributed by atoms with Crippen LogP contribution in [-0.2, 0) is 19.3 Å². The fourth-order valence-corrected chi connectivity index (χ4v) is 6.84. The number of phenols is 1. The molecule has 3 aromatic carbocycles. The first kappa shape index (κ1) is 31.0. The molecule has 0 spiro atoms. The van der Waals surface area contributed by atoms with E-state index in [1.54, 1.807) is 32.4 Å². The molecule has 0 amide bonds. The summed E-state index contributed by atoms with van der Waals surface area (Å²) in [5.74, 6) is 1.97. The van der Waals surface area contributed by atoms with Crippen LogP contribution in [0.15, 0.2) is 48.5 Å². The van der Waals surface area contributed by atoms with Gasteiger partial charge in [-0.1, -0.05) is 26.0 Å². The number of nitrogens with one attached hydrogen (secondary N) is 1. The van der Waals surface area contributed by atoms with Crippen molar-refractivity contribution in [3.63, 3.8) is 0 Å². The van der Waals surface area contributed by atoms with E-state index in [1.807, 2.05) is 24.3 Å². The predicted octanol–water partition coefficient (Wildman–Crippen LogP) is 7.36. The van der Waals surface area contributed by atoms with E-state index in [-0.39, 0.29) is 17.8 Å². The first-order valence-corrected chi connectivity index (χ1v) is 15.6. The molecule has 0 bridgehead atoms. The number of rotatable bonds is 11. The van der Waals surface area contributed by atoms with Gasteiger partial charge in [0.2, 0.25) is 0 Å². The molecule has 2 aliphatic rings. The molecule has 0 saturated carbocycles. The Balaban J connectivity index is 1.24. The number of anilines is 1. The van der Waals surface area contributed by atoms with Crippen LogP contribution in [0, 0.1) is 11.2 Å². The zero-order chi connectivity index (χ0) is 30.6. The molecule has 5 rings (SSSR count). The van der Waals surface area contributed by atoms with Crippen LogP contribution in [0.2, 0.25) is 0 Å². The maximum Gasteiger partial charge on any atom is 0.165 e. The van der Waals surface area contributed by atoms with Crippen molar-refractivity contribution in [2.24, 2.45) is 5.41 Å². The Morgan fingerprint density at radius 2 is 1.81 bits per heavy atom. The van der Waals surface area contributed by atoms with E-state index in [4.69, 9.17) is 14.2 Å². The van der Waals surface area contributed by atoms with E-state index in [9.17, 15) is 5.11 Å². The van der Waals surface area contributed by atoms with Crippen LogP contribution in [-0.4, -0.2) is 56.5 Å². The van der Waals surface area contributed by atoms with Gasteiger partial charge in [-0.2, -0.15) is 0 Å². The second kappa shape index (κ2) is 13.5. The Kier molecular flexibility index (Phi) is 9.70. The molecule has 2 atom stereocenters. The number of hydrogen-bond acceptors (Lipinski definition) is 6. The monoisotopic (exact) mass is 590 g/mol. The molecule has 2 N–H and O–H groups in total. The van der Waals surface area contributed by atoms with Gasteiger partial charge in [0.1, 0.15) is 12.4 Å². The Hall–Kier alpha value is -3.45. The lowest BCUT2D eigenvalue weighted by molar-refractivity contribution is 0.101. The minimum atomic E-state index is -0.317. The highest BCUT2D eigenvalue weighted by molar-refractivity contribution is 5.63. The predicted molar refractivity (Wildman–Crippen MR) is 171 cm³/mol. The highest BCUT2D eigenvalue weighted by Gasteiger charge is 2.27. The zero-order valence-electron chi connectivity index (χ0n) is 26.3. The van der Waals surface area contributed by atoms with E-state index < -0.39 is 0 Å². The summed E-state index contributed by atoms with van der Waals surface area (Å²) in [5.41, 5.74) is 5.90. The molecule has 43 heavy (non-hydrogen) atoms. The average Bonchev–Trinajstić information content (AvgIpc) is 2.97. The van der Waals surface area contributed by atoms with E-state index in [2.05, 4.69) is 37.1 Å². The molecule has 7 heteroatoms. The Morgan fingerprint density at radius 1 is 1.02 bits per heavy atom. The van der Waals surface area contributed by atoms with Gasteiger partial charge in [0, 0.05) is 30.9 Å². The third-order valence-electron chi connectivity index (χ3n) is 9.00. The minimum absolute atomic E-state index is 0.0401. The van der Waals surface area contributed by atoms with Crippen molar-refractivity contribution >= 4 is 5.69 Å².